The molecule has 1 aromatic carbocycles. The van der Waals surface area contributed by atoms with E-state index in [1.807, 2.05) is 42.6 Å². The Morgan fingerprint density at radius 2 is 2.11 bits per heavy atom. The van der Waals surface area contributed by atoms with Gasteiger partial charge >= 0.3 is 6.03 Å². The van der Waals surface area contributed by atoms with Crippen molar-refractivity contribution >= 4 is 22.5 Å². The maximum atomic E-state index is 11.6. The van der Waals surface area contributed by atoms with Crippen LogP contribution in [0.15, 0.2) is 35.7 Å². The quantitative estimate of drug-likeness (QED) is 0.888. The van der Waals surface area contributed by atoms with Crippen LogP contribution in [0.25, 0.3) is 0 Å². The van der Waals surface area contributed by atoms with E-state index in [0.29, 0.717) is 11.7 Å². The Kier molecular flexibility index (Phi) is 4.30. The number of aryl methyl sites for hydroxylation is 1. The van der Waals surface area contributed by atoms with Gasteiger partial charge in [0.25, 0.3) is 0 Å². The molecule has 0 aliphatic carbocycles. The van der Waals surface area contributed by atoms with Crippen molar-refractivity contribution in [3.8, 4) is 0 Å². The highest BCUT2D eigenvalue weighted by Crippen LogP contribution is 2.15. The number of hydrogen-bond donors (Lipinski definition) is 2. The van der Waals surface area contributed by atoms with E-state index in [-0.39, 0.29) is 6.03 Å². The molecule has 0 unspecified atom stereocenters. The van der Waals surface area contributed by atoms with Gasteiger partial charge in [-0.25, -0.2) is 9.78 Å². The van der Waals surface area contributed by atoms with E-state index in [1.165, 1.54) is 11.3 Å². The molecule has 4 nitrogen and oxygen atoms in total. The number of benzene rings is 1. The van der Waals surface area contributed by atoms with Crippen LogP contribution in [0.3, 0.4) is 0 Å². The maximum absolute atomic E-state index is 11.6. The van der Waals surface area contributed by atoms with Gasteiger partial charge in [0.2, 0.25) is 0 Å². The summed E-state index contributed by atoms with van der Waals surface area (Å²) in [5, 5.41) is 8.10. The number of nitrogens with zero attached hydrogens (tertiary/aromatic N) is 1. The van der Waals surface area contributed by atoms with E-state index in [1.54, 1.807) is 0 Å². The van der Waals surface area contributed by atoms with E-state index < -0.39 is 0 Å². The summed E-state index contributed by atoms with van der Waals surface area (Å²) in [5.41, 5.74) is 2.07. The molecule has 2 rings (SSSR count). The van der Waals surface area contributed by atoms with Gasteiger partial charge in [-0.3, -0.25) is 5.32 Å². The summed E-state index contributed by atoms with van der Waals surface area (Å²) in [6, 6.07) is 9.56. The summed E-state index contributed by atoms with van der Waals surface area (Å²) in [6.07, 6.45) is 0.879. The second-order valence-corrected chi connectivity index (χ2v) is 4.65. The Balaban J connectivity index is 1.82. The van der Waals surface area contributed by atoms with E-state index in [4.69, 9.17) is 0 Å². The molecule has 2 aromatic rings. The lowest BCUT2D eigenvalue weighted by Crippen LogP contribution is -2.28. The van der Waals surface area contributed by atoms with Crippen molar-refractivity contribution in [2.75, 3.05) is 5.32 Å². The normalized spacial score (nSPS) is 10.1. The van der Waals surface area contributed by atoms with Gasteiger partial charge in [0.05, 0.1) is 5.69 Å². The highest BCUT2D eigenvalue weighted by Gasteiger charge is 2.05. The van der Waals surface area contributed by atoms with E-state index in [9.17, 15) is 4.79 Å². The molecule has 2 N–H and O–H groups in total. The molecule has 0 spiro atoms. The van der Waals surface area contributed by atoms with Crippen LogP contribution in [0.5, 0.6) is 0 Å². The number of urea groups is 1. The molecule has 18 heavy (non-hydrogen) atoms. The standard InChI is InChI=1S/C13H15N3OS/c1-2-11-9-18-13(15-11)16-12(17)14-8-10-6-4-3-5-7-10/h3-7,9H,2,8H2,1H3,(H2,14,15,16,17). The molecule has 2 amide bonds. The lowest BCUT2D eigenvalue weighted by atomic mass is 10.2. The van der Waals surface area contributed by atoms with Gasteiger partial charge in [0.1, 0.15) is 0 Å². The minimum atomic E-state index is -0.226. The van der Waals surface area contributed by atoms with Crippen LogP contribution in [0, 0.1) is 0 Å². The Morgan fingerprint density at radius 3 is 2.78 bits per heavy atom. The number of hydrogen-bond acceptors (Lipinski definition) is 3. The van der Waals surface area contributed by atoms with Crippen LogP contribution in [0.1, 0.15) is 18.2 Å². The van der Waals surface area contributed by atoms with Crippen LogP contribution in [-0.4, -0.2) is 11.0 Å². The maximum Gasteiger partial charge on any atom is 0.321 e. The van der Waals surface area contributed by atoms with Gasteiger partial charge in [-0.05, 0) is 12.0 Å². The van der Waals surface area contributed by atoms with E-state index >= 15 is 0 Å². The van der Waals surface area contributed by atoms with Gasteiger partial charge in [-0.15, -0.1) is 11.3 Å². The highest BCUT2D eigenvalue weighted by atomic mass is 32.1. The summed E-state index contributed by atoms with van der Waals surface area (Å²) in [4.78, 5) is 15.9. The fourth-order valence-electron chi connectivity index (χ4n) is 1.45. The van der Waals surface area contributed by atoms with Gasteiger partial charge in [-0.1, -0.05) is 37.3 Å². The number of aromatic nitrogens is 1. The first-order valence-corrected chi connectivity index (χ1v) is 6.69. The molecule has 0 saturated heterocycles. The van der Waals surface area contributed by atoms with Crippen molar-refractivity contribution < 1.29 is 4.79 Å². The molecule has 0 saturated carbocycles. The lowest BCUT2D eigenvalue weighted by Gasteiger charge is -2.05. The lowest BCUT2D eigenvalue weighted by molar-refractivity contribution is 0.251. The van der Waals surface area contributed by atoms with E-state index in [2.05, 4.69) is 15.6 Å². The molecule has 0 aliphatic heterocycles. The zero-order valence-corrected chi connectivity index (χ0v) is 11.0. The predicted octanol–water partition coefficient (Wildman–Crippen LogP) is 3.03. The average Bonchev–Trinajstić information content (AvgIpc) is 2.85. The van der Waals surface area contributed by atoms with Gasteiger partial charge in [0.15, 0.2) is 5.13 Å². The van der Waals surface area contributed by atoms with Crippen molar-refractivity contribution in [3.05, 3.63) is 47.0 Å². The molecule has 0 radical (unpaired) electrons. The first-order valence-electron chi connectivity index (χ1n) is 5.81. The molecule has 1 heterocycles. The topological polar surface area (TPSA) is 54.0 Å². The Hall–Kier alpha value is -1.88. The summed E-state index contributed by atoms with van der Waals surface area (Å²) in [5.74, 6) is 0. The number of anilines is 1. The smallest absolute Gasteiger partial charge is 0.321 e. The molecule has 0 bridgehead atoms. The SMILES string of the molecule is CCc1csc(NC(=O)NCc2ccccc2)n1. The monoisotopic (exact) mass is 261 g/mol. The highest BCUT2D eigenvalue weighted by molar-refractivity contribution is 7.13. The minimum Gasteiger partial charge on any atom is -0.334 e. The van der Waals surface area contributed by atoms with Gasteiger partial charge in [-0.2, -0.15) is 0 Å². The Labute approximate surface area is 110 Å². The minimum absolute atomic E-state index is 0.226. The van der Waals surface area contributed by atoms with Crippen LogP contribution in [-0.2, 0) is 13.0 Å². The second kappa shape index (κ2) is 6.16. The number of amides is 2. The summed E-state index contributed by atoms with van der Waals surface area (Å²) >= 11 is 1.44. The molecule has 94 valence electrons. The molecule has 0 aliphatic rings. The number of carbonyl (C=O) groups is 1. The zero-order chi connectivity index (χ0) is 12.8. The van der Waals surface area contributed by atoms with E-state index in [0.717, 1.165) is 17.7 Å². The molecule has 0 atom stereocenters. The van der Waals surface area contributed by atoms with Crippen molar-refractivity contribution in [2.24, 2.45) is 0 Å². The molecule has 5 heteroatoms. The van der Waals surface area contributed by atoms with Gasteiger partial charge < -0.3 is 5.32 Å². The van der Waals surface area contributed by atoms with Crippen molar-refractivity contribution in [3.63, 3.8) is 0 Å². The first-order chi connectivity index (χ1) is 8.78. The fourth-order valence-corrected chi connectivity index (χ4v) is 2.23. The molecular weight excluding hydrogens is 246 g/mol. The summed E-state index contributed by atoms with van der Waals surface area (Å²) < 4.78 is 0. The van der Waals surface area contributed by atoms with Gasteiger partial charge in [0, 0.05) is 11.9 Å². The first kappa shape index (κ1) is 12.6. The molecule has 0 fully saturated rings. The molecular formula is C13H15N3OS. The van der Waals surface area contributed by atoms with Crippen LogP contribution >= 0.6 is 11.3 Å². The van der Waals surface area contributed by atoms with Crippen molar-refractivity contribution in [1.82, 2.24) is 10.3 Å². The number of thiazole rings is 1. The third-order valence-corrected chi connectivity index (χ3v) is 3.24. The second-order valence-electron chi connectivity index (χ2n) is 3.79. The van der Waals surface area contributed by atoms with Crippen molar-refractivity contribution in [2.45, 2.75) is 19.9 Å². The fraction of sp³-hybridized carbons (Fsp3) is 0.231. The Morgan fingerprint density at radius 1 is 1.33 bits per heavy atom. The molecule has 1 aromatic heterocycles. The number of rotatable bonds is 4. The zero-order valence-electron chi connectivity index (χ0n) is 10.1. The largest absolute Gasteiger partial charge is 0.334 e. The van der Waals surface area contributed by atoms with Crippen molar-refractivity contribution in [1.29, 1.82) is 0 Å². The predicted molar refractivity (Wildman–Crippen MR) is 73.8 cm³/mol. The summed E-state index contributed by atoms with van der Waals surface area (Å²) in [6.45, 7) is 2.55. The number of carbonyl (C=O) groups excluding carboxylic acids is 1. The Bertz CT molecular complexity index is 510. The summed E-state index contributed by atoms with van der Waals surface area (Å²) in [7, 11) is 0. The number of nitrogens with one attached hydrogen (secondary N) is 2. The van der Waals surface area contributed by atoms with Crippen LogP contribution in [0.2, 0.25) is 0 Å². The third-order valence-electron chi connectivity index (χ3n) is 2.43. The average molecular weight is 261 g/mol. The van der Waals surface area contributed by atoms with Crippen LogP contribution in [0.4, 0.5) is 9.93 Å². The van der Waals surface area contributed by atoms with Crippen LogP contribution < -0.4 is 10.6 Å². The third kappa shape index (κ3) is 3.56.